The molecule has 2 heterocycles. The van der Waals surface area contributed by atoms with Crippen LogP contribution in [0.25, 0.3) is 0 Å². The normalized spacial score (nSPS) is 13.4. The number of aromatic nitrogens is 4. The highest BCUT2D eigenvalue weighted by molar-refractivity contribution is 5.60. The number of anilines is 5. The second kappa shape index (κ2) is 8.05. The number of nitrogens with one attached hydrogen (secondary N) is 4. The van der Waals surface area contributed by atoms with E-state index in [1.54, 1.807) is 6.20 Å². The number of nitrogens with zero attached hydrogens (tertiary/aromatic N) is 3. The summed E-state index contributed by atoms with van der Waals surface area (Å²) in [7, 11) is 0. The maximum Gasteiger partial charge on any atom is 0.229 e. The Balaban J connectivity index is 1.36. The first-order valence-electron chi connectivity index (χ1n) is 9.26. The fourth-order valence-corrected chi connectivity index (χ4v) is 2.76. The molecule has 4 rings (SSSR count). The van der Waals surface area contributed by atoms with Gasteiger partial charge < -0.3 is 21.7 Å². The third-order valence-corrected chi connectivity index (χ3v) is 4.38. The Kier molecular flexibility index (Phi) is 5.15. The number of benzene rings is 1. The highest BCUT2D eigenvalue weighted by Crippen LogP contribution is 2.39. The lowest BCUT2D eigenvalue weighted by Gasteiger charge is -2.09. The topological polar surface area (TPSA) is 117 Å². The van der Waals surface area contributed by atoms with E-state index in [4.69, 9.17) is 5.73 Å². The van der Waals surface area contributed by atoms with E-state index in [1.807, 2.05) is 36.4 Å². The molecule has 1 aromatic carbocycles. The van der Waals surface area contributed by atoms with E-state index in [1.165, 1.54) is 18.5 Å². The van der Waals surface area contributed by atoms with E-state index >= 15 is 0 Å². The van der Waals surface area contributed by atoms with E-state index in [0.717, 1.165) is 30.2 Å². The second-order valence-electron chi connectivity index (χ2n) is 6.64. The van der Waals surface area contributed by atoms with E-state index in [9.17, 15) is 0 Å². The van der Waals surface area contributed by atoms with E-state index < -0.39 is 0 Å². The van der Waals surface area contributed by atoms with Gasteiger partial charge in [-0.15, -0.1) is 0 Å². The van der Waals surface area contributed by atoms with E-state index in [-0.39, 0.29) is 0 Å². The van der Waals surface area contributed by atoms with Crippen molar-refractivity contribution in [2.75, 3.05) is 29.0 Å². The third-order valence-electron chi connectivity index (χ3n) is 4.38. The standard InChI is InChI=1S/C19H24N8/c20-9-1-10-21-14-4-6-15(7-5-14)23-19-22-11-8-17(25-19)24-18-12-16(26-27-18)13-2-3-13/h4-8,11-13,21H,1-3,9-10,20H2,(H3,22,23,24,25,26,27). The van der Waals surface area contributed by atoms with Crippen LogP contribution in [0, 0.1) is 0 Å². The van der Waals surface area contributed by atoms with Gasteiger partial charge in [-0.2, -0.15) is 10.1 Å². The molecule has 140 valence electrons. The molecule has 8 heteroatoms. The number of rotatable bonds is 9. The van der Waals surface area contributed by atoms with Gasteiger partial charge in [0.05, 0.1) is 0 Å². The minimum absolute atomic E-state index is 0.529. The molecular weight excluding hydrogens is 340 g/mol. The number of hydrogen-bond acceptors (Lipinski definition) is 7. The van der Waals surface area contributed by atoms with Gasteiger partial charge >= 0.3 is 0 Å². The summed E-state index contributed by atoms with van der Waals surface area (Å²) in [4.78, 5) is 8.78. The second-order valence-corrected chi connectivity index (χ2v) is 6.64. The van der Waals surface area contributed by atoms with Crippen LogP contribution >= 0.6 is 0 Å². The van der Waals surface area contributed by atoms with Gasteiger partial charge in [-0.3, -0.25) is 5.10 Å². The van der Waals surface area contributed by atoms with Gasteiger partial charge in [0.15, 0.2) is 5.82 Å². The van der Waals surface area contributed by atoms with Crippen LogP contribution in [0.1, 0.15) is 30.9 Å². The SMILES string of the molecule is NCCCNc1ccc(Nc2nccc(Nc3cc(C4CC4)[nH]n3)n2)cc1. The summed E-state index contributed by atoms with van der Waals surface area (Å²) in [5.41, 5.74) is 8.68. The molecule has 0 aliphatic heterocycles. The average Bonchev–Trinajstić information content (AvgIpc) is 3.43. The molecule has 8 nitrogen and oxygen atoms in total. The fraction of sp³-hybridized carbons (Fsp3) is 0.316. The molecule has 0 atom stereocenters. The molecule has 27 heavy (non-hydrogen) atoms. The fourth-order valence-electron chi connectivity index (χ4n) is 2.76. The minimum Gasteiger partial charge on any atom is -0.385 e. The molecule has 0 bridgehead atoms. The molecule has 0 unspecified atom stereocenters. The van der Waals surface area contributed by atoms with Crippen LogP contribution in [0.2, 0.25) is 0 Å². The first-order valence-corrected chi connectivity index (χ1v) is 9.26. The molecular formula is C19H24N8. The Labute approximate surface area is 158 Å². The predicted octanol–water partition coefficient (Wildman–Crippen LogP) is 3.33. The molecule has 1 aliphatic carbocycles. The molecule has 0 amide bonds. The largest absolute Gasteiger partial charge is 0.385 e. The van der Waals surface area contributed by atoms with Crippen LogP contribution in [-0.2, 0) is 0 Å². The van der Waals surface area contributed by atoms with Crippen LogP contribution in [0.15, 0.2) is 42.6 Å². The van der Waals surface area contributed by atoms with E-state index in [2.05, 4.69) is 36.1 Å². The van der Waals surface area contributed by atoms with Crippen molar-refractivity contribution in [1.82, 2.24) is 20.2 Å². The molecule has 0 saturated heterocycles. The molecule has 0 spiro atoms. The number of aromatic amines is 1. The van der Waals surface area contributed by atoms with Gasteiger partial charge in [0.25, 0.3) is 0 Å². The lowest BCUT2D eigenvalue weighted by Crippen LogP contribution is -2.08. The molecule has 3 aromatic rings. The zero-order chi connectivity index (χ0) is 18.5. The Morgan fingerprint density at radius 2 is 1.85 bits per heavy atom. The smallest absolute Gasteiger partial charge is 0.229 e. The summed E-state index contributed by atoms with van der Waals surface area (Å²) in [6.45, 7) is 1.56. The van der Waals surface area contributed by atoms with Gasteiger partial charge in [-0.05, 0) is 56.1 Å². The predicted molar refractivity (Wildman–Crippen MR) is 108 cm³/mol. The number of H-pyrrole nitrogens is 1. The van der Waals surface area contributed by atoms with Gasteiger partial charge in [-0.25, -0.2) is 4.98 Å². The lowest BCUT2D eigenvalue weighted by molar-refractivity contribution is 0.874. The minimum atomic E-state index is 0.529. The Morgan fingerprint density at radius 1 is 1.04 bits per heavy atom. The zero-order valence-corrected chi connectivity index (χ0v) is 15.1. The van der Waals surface area contributed by atoms with Crippen LogP contribution in [0.4, 0.5) is 29.0 Å². The molecule has 0 radical (unpaired) electrons. The van der Waals surface area contributed by atoms with Crippen LogP contribution in [0.3, 0.4) is 0 Å². The summed E-state index contributed by atoms with van der Waals surface area (Å²) in [5.74, 6) is 2.64. The molecule has 1 fully saturated rings. The van der Waals surface area contributed by atoms with Crippen LogP contribution in [0.5, 0.6) is 0 Å². The molecule has 1 aliphatic rings. The number of nitrogens with two attached hydrogens (primary N) is 1. The summed E-state index contributed by atoms with van der Waals surface area (Å²) >= 11 is 0. The van der Waals surface area contributed by atoms with Gasteiger partial charge in [-0.1, -0.05) is 0 Å². The quantitative estimate of drug-likeness (QED) is 0.370. The van der Waals surface area contributed by atoms with Crippen LogP contribution in [-0.4, -0.2) is 33.3 Å². The molecule has 6 N–H and O–H groups in total. The summed E-state index contributed by atoms with van der Waals surface area (Å²) in [5, 5.41) is 17.1. The van der Waals surface area contributed by atoms with E-state index in [0.29, 0.717) is 24.2 Å². The third kappa shape index (κ3) is 4.73. The summed E-state index contributed by atoms with van der Waals surface area (Å²) in [6.07, 6.45) is 5.15. The maximum atomic E-state index is 5.51. The highest BCUT2D eigenvalue weighted by atomic mass is 15.2. The molecule has 2 aromatic heterocycles. The van der Waals surface area contributed by atoms with Crippen molar-refractivity contribution in [2.45, 2.75) is 25.2 Å². The van der Waals surface area contributed by atoms with Gasteiger partial charge in [0, 0.05) is 41.8 Å². The van der Waals surface area contributed by atoms with Crippen molar-refractivity contribution in [1.29, 1.82) is 0 Å². The average molecular weight is 364 g/mol. The van der Waals surface area contributed by atoms with Crippen molar-refractivity contribution in [2.24, 2.45) is 5.73 Å². The van der Waals surface area contributed by atoms with Crippen molar-refractivity contribution in [3.63, 3.8) is 0 Å². The first-order chi connectivity index (χ1) is 13.3. The van der Waals surface area contributed by atoms with Crippen molar-refractivity contribution in [3.05, 3.63) is 48.3 Å². The monoisotopic (exact) mass is 364 g/mol. The summed E-state index contributed by atoms with van der Waals surface area (Å²) in [6, 6.07) is 11.9. The summed E-state index contributed by atoms with van der Waals surface area (Å²) < 4.78 is 0. The van der Waals surface area contributed by atoms with Gasteiger partial charge in [0.1, 0.15) is 5.82 Å². The van der Waals surface area contributed by atoms with Crippen molar-refractivity contribution in [3.8, 4) is 0 Å². The van der Waals surface area contributed by atoms with Crippen molar-refractivity contribution < 1.29 is 0 Å². The Hall–Kier alpha value is -3.13. The Bertz CT molecular complexity index is 869. The Morgan fingerprint density at radius 3 is 2.63 bits per heavy atom. The van der Waals surface area contributed by atoms with Gasteiger partial charge in [0.2, 0.25) is 5.95 Å². The first kappa shape index (κ1) is 17.3. The highest BCUT2D eigenvalue weighted by Gasteiger charge is 2.25. The zero-order valence-electron chi connectivity index (χ0n) is 15.1. The lowest BCUT2D eigenvalue weighted by atomic mass is 10.2. The van der Waals surface area contributed by atoms with Crippen LogP contribution < -0.4 is 21.7 Å². The molecule has 1 saturated carbocycles. The van der Waals surface area contributed by atoms with Crippen molar-refractivity contribution >= 4 is 29.0 Å². The number of hydrogen-bond donors (Lipinski definition) is 5. The maximum absolute atomic E-state index is 5.51.